The number of para-hydroxylation sites is 1. The molecule has 1 aliphatic rings. The quantitative estimate of drug-likeness (QED) is 0.518. The third-order valence-corrected chi connectivity index (χ3v) is 3.81. The van der Waals surface area contributed by atoms with Gasteiger partial charge in [-0.1, -0.05) is 18.2 Å². The fourth-order valence-corrected chi connectivity index (χ4v) is 2.84. The van der Waals surface area contributed by atoms with Crippen molar-refractivity contribution in [2.24, 2.45) is 0 Å². The van der Waals surface area contributed by atoms with E-state index in [-0.39, 0.29) is 5.69 Å². The fraction of sp³-hybridized carbons (Fsp3) is 0.250. The second-order valence-electron chi connectivity index (χ2n) is 5.28. The first-order valence-corrected chi connectivity index (χ1v) is 7.05. The Kier molecular flexibility index (Phi) is 3.48. The van der Waals surface area contributed by atoms with Crippen LogP contribution in [0.3, 0.4) is 0 Å². The summed E-state index contributed by atoms with van der Waals surface area (Å²) in [5.74, 6) is 0. The number of hydrogen-bond donors (Lipinski definition) is 1. The highest BCUT2D eigenvalue weighted by atomic mass is 16.6. The third kappa shape index (κ3) is 2.67. The molecule has 0 saturated heterocycles. The molecule has 0 atom stereocenters. The molecular formula is C16H17N3O2. The summed E-state index contributed by atoms with van der Waals surface area (Å²) >= 11 is 0. The van der Waals surface area contributed by atoms with Gasteiger partial charge in [0.05, 0.1) is 4.92 Å². The van der Waals surface area contributed by atoms with Crippen LogP contribution in [-0.4, -0.2) is 11.5 Å². The van der Waals surface area contributed by atoms with Gasteiger partial charge < -0.3 is 10.6 Å². The minimum absolute atomic E-state index is 0.0340. The molecule has 0 amide bonds. The lowest BCUT2D eigenvalue weighted by molar-refractivity contribution is -0.384. The summed E-state index contributed by atoms with van der Waals surface area (Å²) in [6.45, 7) is 0.845. The minimum Gasteiger partial charge on any atom is -0.398 e. The SMILES string of the molecule is Nc1cc(N2CCCCc3ccccc32)cc([N+](=O)[O-])c1. The van der Waals surface area contributed by atoms with Crippen LogP contribution < -0.4 is 10.6 Å². The van der Waals surface area contributed by atoms with E-state index in [1.54, 1.807) is 12.1 Å². The molecule has 0 radical (unpaired) electrons. The molecule has 2 aromatic carbocycles. The monoisotopic (exact) mass is 283 g/mol. The predicted molar refractivity (Wildman–Crippen MR) is 83.9 cm³/mol. The zero-order valence-electron chi connectivity index (χ0n) is 11.7. The van der Waals surface area contributed by atoms with Crippen molar-refractivity contribution in [1.82, 2.24) is 0 Å². The van der Waals surface area contributed by atoms with Gasteiger partial charge in [-0.2, -0.15) is 0 Å². The molecule has 108 valence electrons. The lowest BCUT2D eigenvalue weighted by Crippen LogP contribution is -2.18. The van der Waals surface area contributed by atoms with Crippen LogP contribution >= 0.6 is 0 Å². The van der Waals surface area contributed by atoms with Gasteiger partial charge in [-0.25, -0.2) is 0 Å². The number of nitrogen functional groups attached to an aromatic ring is 1. The fourth-order valence-electron chi connectivity index (χ4n) is 2.84. The summed E-state index contributed by atoms with van der Waals surface area (Å²) < 4.78 is 0. The molecular weight excluding hydrogens is 266 g/mol. The number of nitro groups is 1. The van der Waals surface area contributed by atoms with Crippen LogP contribution in [0.2, 0.25) is 0 Å². The predicted octanol–water partition coefficient (Wildman–Crippen LogP) is 3.65. The average Bonchev–Trinajstić information content (AvgIpc) is 2.69. The smallest absolute Gasteiger partial charge is 0.273 e. The number of nitrogens with zero attached hydrogens (tertiary/aromatic N) is 2. The van der Waals surface area contributed by atoms with E-state index in [2.05, 4.69) is 17.0 Å². The summed E-state index contributed by atoms with van der Waals surface area (Å²) in [5.41, 5.74) is 9.47. The van der Waals surface area contributed by atoms with Crippen LogP contribution in [0.1, 0.15) is 18.4 Å². The number of fused-ring (bicyclic) bond motifs is 1. The van der Waals surface area contributed by atoms with Crippen molar-refractivity contribution < 1.29 is 4.92 Å². The van der Waals surface area contributed by atoms with Crippen molar-refractivity contribution in [3.63, 3.8) is 0 Å². The number of benzene rings is 2. The summed E-state index contributed by atoms with van der Waals surface area (Å²) in [7, 11) is 0. The highest BCUT2D eigenvalue weighted by molar-refractivity contribution is 5.72. The van der Waals surface area contributed by atoms with Crippen molar-refractivity contribution in [3.05, 3.63) is 58.1 Å². The molecule has 0 fully saturated rings. The first-order valence-electron chi connectivity index (χ1n) is 7.05. The summed E-state index contributed by atoms with van der Waals surface area (Å²) in [5, 5.41) is 11.0. The highest BCUT2D eigenvalue weighted by Crippen LogP contribution is 2.35. The number of anilines is 3. The van der Waals surface area contributed by atoms with Crippen molar-refractivity contribution in [2.75, 3.05) is 17.2 Å². The Morgan fingerprint density at radius 1 is 1.14 bits per heavy atom. The van der Waals surface area contributed by atoms with E-state index < -0.39 is 4.92 Å². The van der Waals surface area contributed by atoms with Crippen LogP contribution in [-0.2, 0) is 6.42 Å². The van der Waals surface area contributed by atoms with E-state index in [1.165, 1.54) is 11.6 Å². The molecule has 1 heterocycles. The molecule has 2 aromatic rings. The Bertz CT molecular complexity index is 685. The molecule has 0 aromatic heterocycles. The minimum atomic E-state index is -0.399. The maximum atomic E-state index is 11.0. The van der Waals surface area contributed by atoms with Crippen LogP contribution in [0.15, 0.2) is 42.5 Å². The van der Waals surface area contributed by atoms with Crippen LogP contribution in [0.5, 0.6) is 0 Å². The number of aryl methyl sites for hydroxylation is 1. The first-order chi connectivity index (χ1) is 10.1. The van der Waals surface area contributed by atoms with Crippen LogP contribution in [0.4, 0.5) is 22.7 Å². The molecule has 0 unspecified atom stereocenters. The van der Waals surface area contributed by atoms with Gasteiger partial charge in [0.15, 0.2) is 0 Å². The van der Waals surface area contributed by atoms with Crippen molar-refractivity contribution in [3.8, 4) is 0 Å². The van der Waals surface area contributed by atoms with Gasteiger partial charge in [-0.05, 0) is 37.0 Å². The van der Waals surface area contributed by atoms with Crippen LogP contribution in [0.25, 0.3) is 0 Å². The van der Waals surface area contributed by atoms with Gasteiger partial charge in [0.1, 0.15) is 0 Å². The van der Waals surface area contributed by atoms with E-state index in [0.29, 0.717) is 5.69 Å². The Labute approximate surface area is 123 Å². The molecule has 0 saturated carbocycles. The van der Waals surface area contributed by atoms with Gasteiger partial charge in [0.2, 0.25) is 0 Å². The van der Waals surface area contributed by atoms with Gasteiger partial charge >= 0.3 is 0 Å². The Hall–Kier alpha value is -2.56. The number of nitrogens with two attached hydrogens (primary N) is 1. The summed E-state index contributed by atoms with van der Waals surface area (Å²) in [6.07, 6.45) is 3.21. The van der Waals surface area contributed by atoms with E-state index in [0.717, 1.165) is 37.2 Å². The van der Waals surface area contributed by atoms with Crippen molar-refractivity contribution in [1.29, 1.82) is 0 Å². The molecule has 3 rings (SSSR count). The van der Waals surface area contributed by atoms with E-state index in [9.17, 15) is 10.1 Å². The number of hydrogen-bond acceptors (Lipinski definition) is 4. The topological polar surface area (TPSA) is 72.4 Å². The molecule has 0 spiro atoms. The van der Waals surface area contributed by atoms with Gasteiger partial charge in [0.25, 0.3) is 5.69 Å². The number of non-ortho nitro benzene ring substituents is 1. The average molecular weight is 283 g/mol. The number of rotatable bonds is 2. The highest BCUT2D eigenvalue weighted by Gasteiger charge is 2.19. The zero-order valence-corrected chi connectivity index (χ0v) is 11.7. The maximum Gasteiger partial charge on any atom is 0.273 e. The van der Waals surface area contributed by atoms with E-state index in [4.69, 9.17) is 5.73 Å². The van der Waals surface area contributed by atoms with Crippen LogP contribution in [0, 0.1) is 10.1 Å². The number of nitro benzene ring substituents is 1. The molecule has 1 aliphatic heterocycles. The standard InChI is InChI=1S/C16H17N3O2/c17-13-9-14(11-15(10-13)19(20)21)18-8-4-3-6-12-5-1-2-7-16(12)18/h1-2,5,7,9-11H,3-4,6,8,17H2. The second kappa shape index (κ2) is 5.44. The van der Waals surface area contributed by atoms with Crippen molar-refractivity contribution in [2.45, 2.75) is 19.3 Å². The van der Waals surface area contributed by atoms with E-state index in [1.807, 2.05) is 12.1 Å². The normalized spacial score (nSPS) is 14.4. The third-order valence-electron chi connectivity index (χ3n) is 3.81. The van der Waals surface area contributed by atoms with Crippen molar-refractivity contribution >= 4 is 22.7 Å². The first kappa shape index (κ1) is 13.4. The van der Waals surface area contributed by atoms with E-state index >= 15 is 0 Å². The molecule has 5 heteroatoms. The molecule has 0 bridgehead atoms. The maximum absolute atomic E-state index is 11.0. The molecule has 5 nitrogen and oxygen atoms in total. The zero-order chi connectivity index (χ0) is 14.8. The molecule has 2 N–H and O–H groups in total. The molecule has 0 aliphatic carbocycles. The second-order valence-corrected chi connectivity index (χ2v) is 5.28. The summed E-state index contributed by atoms with van der Waals surface area (Å²) in [6, 6.07) is 13.0. The lowest BCUT2D eigenvalue weighted by atomic mass is 10.1. The largest absolute Gasteiger partial charge is 0.398 e. The summed E-state index contributed by atoms with van der Waals surface area (Å²) in [4.78, 5) is 12.8. The van der Waals surface area contributed by atoms with Gasteiger partial charge in [-0.3, -0.25) is 10.1 Å². The van der Waals surface area contributed by atoms with Gasteiger partial charge in [0, 0.05) is 35.7 Å². The van der Waals surface area contributed by atoms with Gasteiger partial charge in [-0.15, -0.1) is 0 Å². The Morgan fingerprint density at radius 2 is 1.95 bits per heavy atom. The molecule has 21 heavy (non-hydrogen) atoms. The lowest BCUT2D eigenvalue weighted by Gasteiger charge is -2.25. The Balaban J connectivity index is 2.09. The Morgan fingerprint density at radius 3 is 2.76 bits per heavy atom.